The Kier molecular flexibility index (Phi) is 5.29. The smallest absolute Gasteiger partial charge is 0.336 e. The van der Waals surface area contributed by atoms with Crippen LogP contribution >= 0.6 is 0 Å². The van der Waals surface area contributed by atoms with Gasteiger partial charge in [-0.25, -0.2) is 9.59 Å². The SMILES string of the molecule is C=C(C)C(=O)O[C](C)OC(=O)C=CC. The topological polar surface area (TPSA) is 52.6 Å². The van der Waals surface area contributed by atoms with Crippen molar-refractivity contribution in [2.45, 2.75) is 20.8 Å². The van der Waals surface area contributed by atoms with Crippen LogP contribution in [0, 0.1) is 6.29 Å². The van der Waals surface area contributed by atoms with Crippen LogP contribution in [0.15, 0.2) is 24.3 Å². The van der Waals surface area contributed by atoms with Crippen molar-refractivity contribution in [3.8, 4) is 0 Å². The van der Waals surface area contributed by atoms with Crippen molar-refractivity contribution in [2.75, 3.05) is 0 Å². The lowest BCUT2D eigenvalue weighted by molar-refractivity contribution is -0.157. The number of hydrogen-bond acceptors (Lipinski definition) is 4. The van der Waals surface area contributed by atoms with Gasteiger partial charge in [-0.15, -0.1) is 0 Å². The molecule has 0 spiro atoms. The highest BCUT2D eigenvalue weighted by Gasteiger charge is 2.14. The van der Waals surface area contributed by atoms with Crippen molar-refractivity contribution in [3.05, 3.63) is 30.6 Å². The lowest BCUT2D eigenvalue weighted by Gasteiger charge is -2.09. The molecular formula is C10H13O4. The molecule has 4 heteroatoms. The van der Waals surface area contributed by atoms with Gasteiger partial charge in [-0.2, -0.15) is 0 Å². The normalized spacial score (nSPS) is 10.3. The number of allylic oxidation sites excluding steroid dienone is 1. The highest BCUT2D eigenvalue weighted by molar-refractivity contribution is 5.88. The zero-order valence-electron chi connectivity index (χ0n) is 8.49. The van der Waals surface area contributed by atoms with E-state index in [2.05, 4.69) is 16.1 Å². The second-order valence-electron chi connectivity index (χ2n) is 2.58. The molecule has 0 aliphatic rings. The van der Waals surface area contributed by atoms with Crippen LogP contribution in [0.1, 0.15) is 20.8 Å². The monoisotopic (exact) mass is 197 g/mol. The van der Waals surface area contributed by atoms with Gasteiger partial charge in [-0.05, 0) is 13.8 Å². The fourth-order valence-corrected chi connectivity index (χ4v) is 0.550. The first-order chi connectivity index (χ1) is 6.47. The fourth-order valence-electron chi connectivity index (χ4n) is 0.550. The van der Waals surface area contributed by atoms with Crippen molar-refractivity contribution < 1.29 is 19.1 Å². The van der Waals surface area contributed by atoms with Crippen LogP contribution in [0.2, 0.25) is 0 Å². The standard InChI is InChI=1S/C10H13O4/c1-5-6-9(11)13-8(4)14-10(12)7(2)3/h5-6H,2H2,1,3-4H3. The van der Waals surface area contributed by atoms with Crippen LogP contribution in [0.5, 0.6) is 0 Å². The molecule has 77 valence electrons. The molecule has 0 atom stereocenters. The molecule has 0 heterocycles. The number of hydrogen-bond donors (Lipinski definition) is 0. The van der Waals surface area contributed by atoms with Crippen molar-refractivity contribution in [3.63, 3.8) is 0 Å². The predicted octanol–water partition coefficient (Wildman–Crippen LogP) is 1.73. The van der Waals surface area contributed by atoms with Crippen molar-refractivity contribution >= 4 is 11.9 Å². The second kappa shape index (κ2) is 5.96. The Bertz CT molecular complexity index is 265. The highest BCUT2D eigenvalue weighted by atomic mass is 16.7. The summed E-state index contributed by atoms with van der Waals surface area (Å²) in [6.07, 6.45) is 2.63. The van der Waals surface area contributed by atoms with Gasteiger partial charge in [0.05, 0.1) is 0 Å². The minimum absolute atomic E-state index is 0.110. The van der Waals surface area contributed by atoms with Crippen molar-refractivity contribution in [2.24, 2.45) is 0 Å². The van der Waals surface area contributed by atoms with E-state index in [4.69, 9.17) is 0 Å². The molecule has 4 nitrogen and oxygen atoms in total. The molecule has 0 aromatic carbocycles. The first-order valence-electron chi connectivity index (χ1n) is 4.03. The van der Waals surface area contributed by atoms with Gasteiger partial charge in [-0.1, -0.05) is 12.7 Å². The molecule has 0 aliphatic carbocycles. The average molecular weight is 197 g/mol. The summed E-state index contributed by atoms with van der Waals surface area (Å²) >= 11 is 0. The molecule has 0 aliphatic heterocycles. The van der Waals surface area contributed by atoms with Crippen LogP contribution in [0.3, 0.4) is 0 Å². The third-order valence-corrected chi connectivity index (χ3v) is 1.13. The van der Waals surface area contributed by atoms with Crippen molar-refractivity contribution in [1.29, 1.82) is 0 Å². The quantitative estimate of drug-likeness (QED) is 0.508. The zero-order chi connectivity index (χ0) is 11.1. The van der Waals surface area contributed by atoms with E-state index >= 15 is 0 Å². The summed E-state index contributed by atoms with van der Waals surface area (Å²) in [6.45, 7) is 7.94. The van der Waals surface area contributed by atoms with Gasteiger partial charge in [0.1, 0.15) is 0 Å². The highest BCUT2D eigenvalue weighted by Crippen LogP contribution is 2.07. The van der Waals surface area contributed by atoms with Gasteiger partial charge in [0.2, 0.25) is 0 Å². The lowest BCUT2D eigenvalue weighted by Crippen LogP contribution is -2.14. The third-order valence-electron chi connectivity index (χ3n) is 1.13. The minimum atomic E-state index is -0.615. The molecule has 0 unspecified atom stereocenters. The molecule has 0 aromatic heterocycles. The number of rotatable bonds is 4. The Labute approximate surface area is 83.2 Å². The van der Waals surface area contributed by atoms with E-state index in [0.29, 0.717) is 0 Å². The summed E-state index contributed by atoms with van der Waals surface area (Å²) in [5.41, 5.74) is 0.242. The van der Waals surface area contributed by atoms with Crippen LogP contribution in [-0.4, -0.2) is 11.9 Å². The van der Waals surface area contributed by atoms with E-state index in [1.54, 1.807) is 6.92 Å². The summed E-state index contributed by atoms with van der Waals surface area (Å²) in [5.74, 6) is -1.20. The molecular weight excluding hydrogens is 184 g/mol. The Morgan fingerprint density at radius 1 is 1.21 bits per heavy atom. The second-order valence-corrected chi connectivity index (χ2v) is 2.58. The van der Waals surface area contributed by atoms with Crippen molar-refractivity contribution in [1.82, 2.24) is 0 Å². The Morgan fingerprint density at radius 2 is 1.79 bits per heavy atom. The molecule has 1 radical (unpaired) electrons. The molecule has 14 heavy (non-hydrogen) atoms. The lowest BCUT2D eigenvalue weighted by atomic mass is 10.4. The maximum atomic E-state index is 10.9. The Balaban J connectivity index is 3.98. The van der Waals surface area contributed by atoms with Crippen LogP contribution in [-0.2, 0) is 19.1 Å². The third kappa shape index (κ3) is 5.13. The van der Waals surface area contributed by atoms with Gasteiger partial charge in [-0.3, -0.25) is 0 Å². The molecule has 0 aromatic rings. The molecule has 0 N–H and O–H groups in total. The van der Waals surface area contributed by atoms with E-state index in [9.17, 15) is 9.59 Å². The van der Waals surface area contributed by atoms with E-state index in [1.165, 1.54) is 26.0 Å². The largest absolute Gasteiger partial charge is 0.411 e. The summed E-state index contributed by atoms with van der Waals surface area (Å²) in [5, 5.41) is 0. The maximum Gasteiger partial charge on any atom is 0.336 e. The summed E-state index contributed by atoms with van der Waals surface area (Å²) in [7, 11) is 0. The number of esters is 2. The molecule has 0 saturated carbocycles. The fraction of sp³-hybridized carbons (Fsp3) is 0.300. The van der Waals surface area contributed by atoms with Crippen LogP contribution < -0.4 is 0 Å². The Morgan fingerprint density at radius 3 is 2.21 bits per heavy atom. The van der Waals surface area contributed by atoms with E-state index in [1.807, 2.05) is 0 Å². The average Bonchev–Trinajstić information content (AvgIpc) is 2.03. The van der Waals surface area contributed by atoms with E-state index in [-0.39, 0.29) is 11.9 Å². The molecule has 0 amide bonds. The number of carbonyl (C=O) groups excluding carboxylic acids is 2. The summed E-state index contributed by atoms with van der Waals surface area (Å²) < 4.78 is 9.25. The van der Waals surface area contributed by atoms with Gasteiger partial charge >= 0.3 is 18.2 Å². The van der Waals surface area contributed by atoms with Gasteiger partial charge in [0.25, 0.3) is 0 Å². The predicted molar refractivity (Wildman–Crippen MR) is 50.7 cm³/mol. The summed E-state index contributed by atoms with van der Waals surface area (Å²) in [4.78, 5) is 21.8. The number of ether oxygens (including phenoxy) is 2. The molecule has 0 fully saturated rings. The van der Waals surface area contributed by atoms with Crippen LogP contribution in [0.4, 0.5) is 0 Å². The van der Waals surface area contributed by atoms with Gasteiger partial charge in [0.15, 0.2) is 0 Å². The first-order valence-corrected chi connectivity index (χ1v) is 4.03. The molecule has 0 saturated heterocycles. The summed E-state index contributed by atoms with van der Waals surface area (Å²) in [6, 6.07) is 0. The minimum Gasteiger partial charge on any atom is -0.411 e. The number of carbonyl (C=O) groups is 2. The van der Waals surface area contributed by atoms with E-state index in [0.717, 1.165) is 0 Å². The van der Waals surface area contributed by atoms with Crippen LogP contribution in [0.25, 0.3) is 0 Å². The molecule has 0 bridgehead atoms. The molecule has 0 rings (SSSR count). The maximum absolute atomic E-state index is 10.9. The van der Waals surface area contributed by atoms with Gasteiger partial charge in [0, 0.05) is 18.6 Å². The first kappa shape index (κ1) is 12.4. The van der Waals surface area contributed by atoms with Gasteiger partial charge < -0.3 is 9.47 Å². The van der Waals surface area contributed by atoms with E-state index < -0.39 is 11.9 Å². The Hall–Kier alpha value is -1.58. The zero-order valence-corrected chi connectivity index (χ0v) is 8.49.